The summed E-state index contributed by atoms with van der Waals surface area (Å²) in [5, 5.41) is 2.73. The number of benzene rings is 3. The molecule has 0 amide bonds. The zero-order valence-corrected chi connectivity index (χ0v) is 15.9. The Morgan fingerprint density at radius 2 is 1.16 bits per heavy atom. The van der Waals surface area contributed by atoms with Crippen LogP contribution < -0.4 is 10.4 Å². The first-order valence-electron chi connectivity index (χ1n) is 9.14. The zero-order valence-electron chi connectivity index (χ0n) is 14.9. The largest absolute Gasteiger partial charge is 0.404 e. The number of unbranched alkanes of at least 4 members (excludes halogenated alkanes) is 1. The Morgan fingerprint density at radius 1 is 0.680 bits per heavy atom. The highest BCUT2D eigenvalue weighted by Crippen LogP contribution is 2.19. The topological polar surface area (TPSA) is 9.23 Å². The maximum absolute atomic E-state index is 6.83. The van der Waals surface area contributed by atoms with E-state index in [4.69, 9.17) is 4.43 Å². The smallest absolute Gasteiger partial charge is 0.256 e. The Morgan fingerprint density at radius 3 is 1.64 bits per heavy atom. The Balaban J connectivity index is 2.01. The Hall–Kier alpha value is -2.16. The van der Waals surface area contributed by atoms with Crippen LogP contribution in [0.4, 0.5) is 0 Å². The van der Waals surface area contributed by atoms with Gasteiger partial charge in [0, 0.05) is 0 Å². The Labute approximate surface area is 152 Å². The van der Waals surface area contributed by atoms with Gasteiger partial charge in [0.1, 0.15) is 0 Å². The molecule has 0 unspecified atom stereocenters. The van der Waals surface area contributed by atoms with Crippen molar-refractivity contribution in [2.24, 2.45) is 0 Å². The zero-order chi connectivity index (χ0) is 17.4. The van der Waals surface area contributed by atoms with Crippen molar-refractivity contribution in [3.05, 3.63) is 96.6 Å². The maximum Gasteiger partial charge on any atom is 0.256 e. The predicted octanol–water partition coefficient (Wildman–Crippen LogP) is 4.76. The van der Waals surface area contributed by atoms with Gasteiger partial charge in [-0.05, 0) is 22.0 Å². The molecule has 0 heterocycles. The van der Waals surface area contributed by atoms with Crippen LogP contribution in [0, 0.1) is 0 Å². The average molecular weight is 347 g/mol. The molecule has 0 bridgehead atoms. The molecule has 0 N–H and O–H groups in total. The lowest BCUT2D eigenvalue weighted by Crippen LogP contribution is -2.60. The molecule has 25 heavy (non-hydrogen) atoms. The van der Waals surface area contributed by atoms with Crippen LogP contribution in [0.2, 0.25) is 6.04 Å². The molecule has 0 aliphatic rings. The second-order valence-corrected chi connectivity index (χ2v) is 10.0. The van der Waals surface area contributed by atoms with Crippen molar-refractivity contribution in [3.8, 4) is 0 Å². The van der Waals surface area contributed by atoms with E-state index in [-0.39, 0.29) is 0 Å². The van der Waals surface area contributed by atoms with E-state index in [1.165, 1.54) is 28.8 Å². The van der Waals surface area contributed by atoms with Crippen molar-refractivity contribution in [2.75, 3.05) is 0 Å². The monoisotopic (exact) mass is 346 g/mol. The van der Waals surface area contributed by atoms with Crippen LogP contribution in [0.3, 0.4) is 0 Å². The highest BCUT2D eigenvalue weighted by Gasteiger charge is 2.38. The van der Waals surface area contributed by atoms with Gasteiger partial charge >= 0.3 is 0 Å². The molecule has 0 aliphatic carbocycles. The van der Waals surface area contributed by atoms with Crippen molar-refractivity contribution in [2.45, 2.75) is 32.4 Å². The van der Waals surface area contributed by atoms with Gasteiger partial charge in [-0.15, -0.1) is 0 Å². The molecule has 1 nitrogen and oxygen atoms in total. The van der Waals surface area contributed by atoms with Crippen molar-refractivity contribution in [3.63, 3.8) is 0 Å². The third-order valence-corrected chi connectivity index (χ3v) is 8.92. The summed E-state index contributed by atoms with van der Waals surface area (Å²) in [7, 11) is -2.25. The highest BCUT2D eigenvalue weighted by atomic mass is 28.4. The van der Waals surface area contributed by atoms with Crippen LogP contribution in [-0.2, 0) is 11.0 Å². The van der Waals surface area contributed by atoms with E-state index >= 15 is 0 Å². The van der Waals surface area contributed by atoms with Crippen LogP contribution in [0.25, 0.3) is 0 Å². The Bertz CT molecular complexity index is 701. The summed E-state index contributed by atoms with van der Waals surface area (Å²) in [6.07, 6.45) is 2.37. The lowest BCUT2D eigenvalue weighted by atomic mass is 10.2. The quantitative estimate of drug-likeness (QED) is 0.534. The molecule has 128 valence electrons. The fourth-order valence-corrected chi connectivity index (χ4v) is 7.43. The molecule has 0 radical (unpaired) electrons. The SMILES string of the molecule is CCCC[Si](OCc1ccccc1)(c1ccccc1)c1ccccc1. The van der Waals surface area contributed by atoms with Gasteiger partial charge in [-0.1, -0.05) is 111 Å². The van der Waals surface area contributed by atoms with Gasteiger partial charge in [-0.2, -0.15) is 0 Å². The normalized spacial score (nSPS) is 11.4. The first-order chi connectivity index (χ1) is 12.3. The second-order valence-electron chi connectivity index (χ2n) is 6.44. The van der Waals surface area contributed by atoms with E-state index in [1.54, 1.807) is 0 Å². The molecule has 0 atom stereocenters. The molecule has 0 saturated carbocycles. The lowest BCUT2D eigenvalue weighted by Gasteiger charge is -2.32. The molecular weight excluding hydrogens is 320 g/mol. The van der Waals surface area contributed by atoms with Crippen LogP contribution in [0.5, 0.6) is 0 Å². The first kappa shape index (κ1) is 17.7. The molecule has 0 aliphatic heterocycles. The molecule has 0 spiro atoms. The average Bonchev–Trinajstić information content (AvgIpc) is 2.71. The second kappa shape index (κ2) is 8.79. The molecular formula is C23H26OSi. The lowest BCUT2D eigenvalue weighted by molar-refractivity contribution is 0.302. The summed E-state index contributed by atoms with van der Waals surface area (Å²) >= 11 is 0. The minimum atomic E-state index is -2.25. The number of hydrogen-bond donors (Lipinski definition) is 0. The Kier molecular flexibility index (Phi) is 6.21. The van der Waals surface area contributed by atoms with Crippen LogP contribution in [0.1, 0.15) is 25.3 Å². The first-order valence-corrected chi connectivity index (χ1v) is 11.3. The van der Waals surface area contributed by atoms with E-state index in [0.29, 0.717) is 6.61 Å². The van der Waals surface area contributed by atoms with E-state index in [2.05, 4.69) is 97.9 Å². The number of hydrogen-bond acceptors (Lipinski definition) is 1. The van der Waals surface area contributed by atoms with E-state index in [0.717, 1.165) is 6.04 Å². The molecule has 0 aromatic heterocycles. The van der Waals surface area contributed by atoms with E-state index in [9.17, 15) is 0 Å². The molecule has 3 aromatic carbocycles. The fourth-order valence-electron chi connectivity index (χ4n) is 3.32. The van der Waals surface area contributed by atoms with Crippen LogP contribution in [0.15, 0.2) is 91.0 Å². The minimum Gasteiger partial charge on any atom is -0.404 e. The molecule has 0 fully saturated rings. The fraction of sp³-hybridized carbons (Fsp3) is 0.217. The summed E-state index contributed by atoms with van der Waals surface area (Å²) < 4.78 is 6.83. The number of rotatable bonds is 8. The molecule has 3 rings (SSSR count). The molecule has 2 heteroatoms. The molecule has 3 aromatic rings. The van der Waals surface area contributed by atoms with Crippen LogP contribution in [-0.4, -0.2) is 8.32 Å². The maximum atomic E-state index is 6.83. The van der Waals surface area contributed by atoms with Gasteiger partial charge in [-0.3, -0.25) is 0 Å². The van der Waals surface area contributed by atoms with Gasteiger partial charge in [-0.25, -0.2) is 0 Å². The highest BCUT2D eigenvalue weighted by molar-refractivity contribution is 6.97. The van der Waals surface area contributed by atoms with Gasteiger partial charge in [0.15, 0.2) is 0 Å². The van der Waals surface area contributed by atoms with Crippen molar-refractivity contribution < 1.29 is 4.43 Å². The van der Waals surface area contributed by atoms with Crippen molar-refractivity contribution >= 4 is 18.7 Å². The van der Waals surface area contributed by atoms with Crippen LogP contribution >= 0.6 is 0 Å². The summed E-state index contributed by atoms with van der Waals surface area (Å²) in [5.41, 5.74) is 1.24. The van der Waals surface area contributed by atoms with E-state index in [1.807, 2.05) is 0 Å². The van der Waals surface area contributed by atoms with Gasteiger partial charge < -0.3 is 4.43 Å². The summed E-state index contributed by atoms with van der Waals surface area (Å²) in [5.74, 6) is 0. The van der Waals surface area contributed by atoms with Crippen molar-refractivity contribution in [1.29, 1.82) is 0 Å². The van der Waals surface area contributed by atoms with Gasteiger partial charge in [0.2, 0.25) is 0 Å². The standard InChI is InChI=1S/C23H26OSi/c1-2-3-19-25(22-15-9-5-10-16-22,23-17-11-6-12-18-23)24-20-21-13-7-4-8-14-21/h4-18H,2-3,19-20H2,1H3. The van der Waals surface area contributed by atoms with Gasteiger partial charge in [0.25, 0.3) is 8.32 Å². The van der Waals surface area contributed by atoms with Gasteiger partial charge in [0.05, 0.1) is 6.61 Å². The minimum absolute atomic E-state index is 0.667. The van der Waals surface area contributed by atoms with E-state index < -0.39 is 8.32 Å². The summed E-state index contributed by atoms with van der Waals surface area (Å²) in [4.78, 5) is 0. The molecule has 0 saturated heterocycles. The summed E-state index contributed by atoms with van der Waals surface area (Å²) in [6.45, 7) is 2.92. The predicted molar refractivity (Wildman–Crippen MR) is 109 cm³/mol. The third-order valence-electron chi connectivity index (χ3n) is 4.69. The third kappa shape index (κ3) is 4.27. The van der Waals surface area contributed by atoms with Crippen molar-refractivity contribution in [1.82, 2.24) is 0 Å². The summed E-state index contributed by atoms with van der Waals surface area (Å²) in [6, 6.07) is 33.4.